The van der Waals surface area contributed by atoms with Gasteiger partial charge in [0, 0.05) is 13.1 Å². The molecular formula is C12H21NO. The van der Waals surface area contributed by atoms with Crippen molar-refractivity contribution >= 4 is 5.91 Å². The number of amides is 1. The molecule has 0 aliphatic carbocycles. The van der Waals surface area contributed by atoms with Gasteiger partial charge in [-0.3, -0.25) is 4.79 Å². The summed E-state index contributed by atoms with van der Waals surface area (Å²) in [6.07, 6.45) is 3.81. The maximum absolute atomic E-state index is 11.3. The molecule has 0 unspecified atom stereocenters. The first-order valence-electron chi connectivity index (χ1n) is 5.48. The van der Waals surface area contributed by atoms with Gasteiger partial charge in [0.2, 0.25) is 5.91 Å². The van der Waals surface area contributed by atoms with Gasteiger partial charge in [0.1, 0.15) is 0 Å². The zero-order valence-corrected chi connectivity index (χ0v) is 9.55. The highest BCUT2D eigenvalue weighted by atomic mass is 16.2. The largest absolute Gasteiger partial charge is 0.338 e. The van der Waals surface area contributed by atoms with Crippen LogP contribution >= 0.6 is 0 Å². The van der Waals surface area contributed by atoms with Gasteiger partial charge >= 0.3 is 0 Å². The average Bonchev–Trinajstić information content (AvgIpc) is 2.14. The van der Waals surface area contributed by atoms with Crippen molar-refractivity contribution in [2.24, 2.45) is 11.3 Å². The van der Waals surface area contributed by atoms with Crippen LogP contribution in [0.5, 0.6) is 0 Å². The summed E-state index contributed by atoms with van der Waals surface area (Å²) >= 11 is 0. The lowest BCUT2D eigenvalue weighted by Gasteiger charge is -2.48. The Labute approximate surface area is 87.0 Å². The van der Waals surface area contributed by atoms with Crippen molar-refractivity contribution in [3.8, 4) is 0 Å². The molecule has 0 bridgehead atoms. The molecule has 0 saturated carbocycles. The smallest absolute Gasteiger partial charge is 0.245 e. The van der Waals surface area contributed by atoms with Gasteiger partial charge in [-0.25, -0.2) is 0 Å². The highest BCUT2D eigenvalue weighted by Crippen LogP contribution is 2.40. The molecule has 1 heterocycles. The number of carbonyl (C=O) groups is 1. The Bertz CT molecular complexity index is 224. The number of nitrogens with zero attached hydrogens (tertiary/aromatic N) is 1. The fraction of sp³-hybridized carbons (Fsp3) is 0.750. The molecular weight excluding hydrogens is 174 g/mol. The van der Waals surface area contributed by atoms with Crippen LogP contribution < -0.4 is 0 Å². The van der Waals surface area contributed by atoms with Crippen molar-refractivity contribution in [3.63, 3.8) is 0 Å². The monoisotopic (exact) mass is 195 g/mol. The van der Waals surface area contributed by atoms with E-state index in [2.05, 4.69) is 27.4 Å². The van der Waals surface area contributed by atoms with E-state index in [9.17, 15) is 4.79 Å². The van der Waals surface area contributed by atoms with Gasteiger partial charge in [-0.1, -0.05) is 40.2 Å². The van der Waals surface area contributed by atoms with Gasteiger partial charge in [-0.15, -0.1) is 0 Å². The molecule has 1 aliphatic rings. The van der Waals surface area contributed by atoms with E-state index in [1.165, 1.54) is 18.9 Å². The predicted octanol–water partition coefficient (Wildman–Crippen LogP) is 2.46. The summed E-state index contributed by atoms with van der Waals surface area (Å²) in [4.78, 5) is 13.1. The van der Waals surface area contributed by atoms with Crippen LogP contribution in [-0.4, -0.2) is 23.9 Å². The Morgan fingerprint density at radius 2 is 2.00 bits per heavy atom. The molecule has 0 aromatic carbocycles. The van der Waals surface area contributed by atoms with Gasteiger partial charge in [-0.2, -0.15) is 0 Å². The summed E-state index contributed by atoms with van der Waals surface area (Å²) in [5.41, 5.74) is 0.415. The van der Waals surface area contributed by atoms with E-state index in [0.29, 0.717) is 11.3 Å². The second-order valence-corrected chi connectivity index (χ2v) is 4.51. The normalized spacial score (nSPS) is 17.8. The van der Waals surface area contributed by atoms with Crippen molar-refractivity contribution < 1.29 is 4.79 Å². The molecule has 0 spiro atoms. The molecule has 1 aliphatic heterocycles. The molecule has 1 amide bonds. The molecule has 1 fully saturated rings. The molecule has 2 heteroatoms. The Hall–Kier alpha value is -0.790. The van der Waals surface area contributed by atoms with Gasteiger partial charge in [0.25, 0.3) is 0 Å². The fourth-order valence-electron chi connectivity index (χ4n) is 2.06. The molecule has 1 saturated heterocycles. The molecule has 80 valence electrons. The minimum atomic E-state index is 0.0795. The lowest BCUT2D eigenvalue weighted by Crippen LogP contribution is -2.55. The van der Waals surface area contributed by atoms with Crippen LogP contribution in [0.2, 0.25) is 0 Å². The summed E-state index contributed by atoms with van der Waals surface area (Å²) < 4.78 is 0. The van der Waals surface area contributed by atoms with E-state index in [1.54, 1.807) is 0 Å². The molecule has 14 heavy (non-hydrogen) atoms. The van der Waals surface area contributed by atoms with Crippen molar-refractivity contribution in [1.82, 2.24) is 4.90 Å². The first kappa shape index (κ1) is 11.3. The van der Waals surface area contributed by atoms with Gasteiger partial charge in [0.15, 0.2) is 0 Å². The topological polar surface area (TPSA) is 20.3 Å². The van der Waals surface area contributed by atoms with E-state index >= 15 is 0 Å². The lowest BCUT2D eigenvalue weighted by atomic mass is 9.69. The number of rotatable bonds is 4. The lowest BCUT2D eigenvalue weighted by molar-refractivity contribution is -0.135. The third kappa shape index (κ3) is 1.84. The fourth-order valence-corrected chi connectivity index (χ4v) is 2.06. The summed E-state index contributed by atoms with van der Waals surface area (Å²) in [6, 6.07) is 0. The van der Waals surface area contributed by atoms with Crippen LogP contribution in [0, 0.1) is 11.3 Å². The molecule has 0 aromatic heterocycles. The Kier molecular flexibility index (Phi) is 3.35. The molecule has 0 radical (unpaired) electrons. The Balaban J connectivity index is 2.47. The maximum Gasteiger partial charge on any atom is 0.245 e. The molecule has 0 aromatic rings. The summed E-state index contributed by atoms with van der Waals surface area (Å²) in [5.74, 6) is 0.761. The van der Waals surface area contributed by atoms with Crippen LogP contribution in [0.25, 0.3) is 0 Å². The van der Waals surface area contributed by atoms with Crippen LogP contribution in [0.1, 0.15) is 33.6 Å². The van der Waals surface area contributed by atoms with Crippen LogP contribution in [-0.2, 0) is 4.79 Å². The Morgan fingerprint density at radius 3 is 2.36 bits per heavy atom. The second kappa shape index (κ2) is 4.16. The molecule has 0 atom stereocenters. The van der Waals surface area contributed by atoms with Gasteiger partial charge < -0.3 is 4.90 Å². The summed E-state index contributed by atoms with van der Waals surface area (Å²) in [7, 11) is 0. The highest BCUT2D eigenvalue weighted by Gasteiger charge is 2.40. The Morgan fingerprint density at radius 1 is 1.50 bits per heavy atom. The van der Waals surface area contributed by atoms with E-state index in [0.717, 1.165) is 13.1 Å². The van der Waals surface area contributed by atoms with E-state index < -0.39 is 0 Å². The van der Waals surface area contributed by atoms with Gasteiger partial charge in [0.05, 0.1) is 0 Å². The second-order valence-electron chi connectivity index (χ2n) is 4.51. The number of hydrogen-bond donors (Lipinski definition) is 0. The standard InChI is InChI=1S/C12H21NO/c1-5-11(14)13-8-10(9-13)12(4,6-2)7-3/h5,10H,1,6-9H2,2-4H3. The molecule has 0 N–H and O–H groups in total. The maximum atomic E-state index is 11.3. The SMILES string of the molecule is C=CC(=O)N1CC(C(C)(CC)CC)C1. The summed E-state index contributed by atoms with van der Waals surface area (Å²) in [5, 5.41) is 0. The number of hydrogen-bond acceptors (Lipinski definition) is 1. The highest BCUT2D eigenvalue weighted by molar-refractivity contribution is 5.87. The first-order chi connectivity index (χ1) is 6.57. The van der Waals surface area contributed by atoms with E-state index in [-0.39, 0.29) is 5.91 Å². The van der Waals surface area contributed by atoms with Crippen LogP contribution in [0.15, 0.2) is 12.7 Å². The minimum Gasteiger partial charge on any atom is -0.338 e. The zero-order valence-electron chi connectivity index (χ0n) is 9.55. The van der Waals surface area contributed by atoms with Crippen molar-refractivity contribution in [2.75, 3.05) is 13.1 Å². The minimum absolute atomic E-state index is 0.0795. The quantitative estimate of drug-likeness (QED) is 0.631. The third-order valence-electron chi connectivity index (χ3n) is 3.97. The van der Waals surface area contributed by atoms with Gasteiger partial charge in [-0.05, 0) is 17.4 Å². The molecule has 2 nitrogen and oxygen atoms in total. The van der Waals surface area contributed by atoms with Crippen molar-refractivity contribution in [1.29, 1.82) is 0 Å². The van der Waals surface area contributed by atoms with Crippen LogP contribution in [0.3, 0.4) is 0 Å². The average molecular weight is 195 g/mol. The number of carbonyl (C=O) groups excluding carboxylic acids is 1. The van der Waals surface area contributed by atoms with E-state index in [4.69, 9.17) is 0 Å². The van der Waals surface area contributed by atoms with Crippen molar-refractivity contribution in [3.05, 3.63) is 12.7 Å². The van der Waals surface area contributed by atoms with E-state index in [1.807, 2.05) is 4.90 Å². The van der Waals surface area contributed by atoms with Crippen LogP contribution in [0.4, 0.5) is 0 Å². The van der Waals surface area contributed by atoms with Crippen molar-refractivity contribution in [2.45, 2.75) is 33.6 Å². The number of likely N-dealkylation sites (tertiary alicyclic amines) is 1. The third-order valence-corrected chi connectivity index (χ3v) is 3.97. The first-order valence-corrected chi connectivity index (χ1v) is 5.48. The molecule has 1 rings (SSSR count). The summed E-state index contributed by atoms with van der Waals surface area (Å²) in [6.45, 7) is 12.1. The zero-order chi connectivity index (χ0) is 10.8. The predicted molar refractivity (Wildman–Crippen MR) is 59.0 cm³/mol.